The Morgan fingerprint density at radius 2 is 2.12 bits per heavy atom. The van der Waals surface area contributed by atoms with Gasteiger partial charge in [0.1, 0.15) is 12.1 Å². The zero-order chi connectivity index (χ0) is 18.1. The molecule has 1 aromatic carbocycles. The van der Waals surface area contributed by atoms with Crippen LogP contribution < -0.4 is 5.32 Å². The molecule has 1 N–H and O–H groups in total. The Labute approximate surface area is 148 Å². The van der Waals surface area contributed by atoms with Gasteiger partial charge in [0.2, 0.25) is 5.91 Å². The number of unbranched alkanes of at least 4 members (excludes halogenated alkanes) is 1. The van der Waals surface area contributed by atoms with E-state index in [0.717, 1.165) is 18.4 Å². The van der Waals surface area contributed by atoms with Gasteiger partial charge in [0.15, 0.2) is 0 Å². The van der Waals surface area contributed by atoms with Gasteiger partial charge in [-0.3, -0.25) is 4.79 Å². The molecule has 0 aromatic heterocycles. The predicted octanol–water partition coefficient (Wildman–Crippen LogP) is 2.99. The summed E-state index contributed by atoms with van der Waals surface area (Å²) >= 11 is 0. The number of nitrogens with one attached hydrogen (secondary N) is 1. The van der Waals surface area contributed by atoms with E-state index in [-0.39, 0.29) is 19.1 Å². The average Bonchev–Trinajstić information content (AvgIpc) is 2.65. The molecule has 1 atom stereocenters. The molecule has 0 radical (unpaired) electrons. The lowest BCUT2D eigenvalue weighted by Crippen LogP contribution is -2.59. The zero-order valence-corrected chi connectivity index (χ0v) is 14.7. The highest BCUT2D eigenvalue weighted by Crippen LogP contribution is 2.22. The van der Waals surface area contributed by atoms with Crippen LogP contribution in [-0.4, -0.2) is 35.5 Å². The van der Waals surface area contributed by atoms with Crippen molar-refractivity contribution in [1.82, 2.24) is 10.2 Å². The molecule has 2 amide bonds. The first-order chi connectivity index (χ1) is 12.1. The van der Waals surface area contributed by atoms with E-state index in [9.17, 15) is 14.9 Å². The van der Waals surface area contributed by atoms with Gasteiger partial charge in [-0.05, 0) is 24.8 Å². The Bertz CT molecular complexity index is 627. The Morgan fingerprint density at radius 1 is 1.36 bits per heavy atom. The van der Waals surface area contributed by atoms with Crippen molar-refractivity contribution >= 4 is 12.0 Å². The van der Waals surface area contributed by atoms with Gasteiger partial charge in [-0.15, -0.1) is 0 Å². The van der Waals surface area contributed by atoms with Gasteiger partial charge in [-0.1, -0.05) is 43.7 Å². The summed E-state index contributed by atoms with van der Waals surface area (Å²) in [6, 6.07) is 11.6. The fourth-order valence-corrected chi connectivity index (χ4v) is 2.91. The molecule has 1 saturated heterocycles. The van der Waals surface area contributed by atoms with E-state index in [1.54, 1.807) is 0 Å². The highest BCUT2D eigenvalue weighted by Gasteiger charge is 2.39. The number of carbonyl (C=O) groups is 2. The van der Waals surface area contributed by atoms with Crippen molar-refractivity contribution in [2.75, 3.05) is 13.1 Å². The topological polar surface area (TPSA) is 82.4 Å². The number of rotatable bonds is 6. The summed E-state index contributed by atoms with van der Waals surface area (Å²) in [4.78, 5) is 25.8. The second kappa shape index (κ2) is 9.07. The van der Waals surface area contributed by atoms with Gasteiger partial charge in [0.05, 0.1) is 12.6 Å². The van der Waals surface area contributed by atoms with Crippen molar-refractivity contribution in [2.24, 2.45) is 0 Å². The Hall–Kier alpha value is -2.55. The van der Waals surface area contributed by atoms with Crippen LogP contribution in [0, 0.1) is 11.3 Å². The number of ether oxygens (including phenoxy) is 1. The first kappa shape index (κ1) is 18.8. The maximum Gasteiger partial charge on any atom is 0.410 e. The summed E-state index contributed by atoms with van der Waals surface area (Å²) in [5, 5.41) is 12.4. The molecule has 0 aliphatic carbocycles. The van der Waals surface area contributed by atoms with Gasteiger partial charge < -0.3 is 15.0 Å². The second-order valence-corrected chi connectivity index (χ2v) is 6.41. The summed E-state index contributed by atoms with van der Waals surface area (Å²) in [7, 11) is 0. The fourth-order valence-electron chi connectivity index (χ4n) is 2.91. The van der Waals surface area contributed by atoms with Gasteiger partial charge >= 0.3 is 6.09 Å². The monoisotopic (exact) mass is 343 g/mol. The molecular formula is C19H25N3O3. The van der Waals surface area contributed by atoms with E-state index in [0.29, 0.717) is 25.8 Å². The zero-order valence-electron chi connectivity index (χ0n) is 14.7. The molecule has 1 aliphatic rings. The predicted molar refractivity (Wildman–Crippen MR) is 93.4 cm³/mol. The molecule has 1 heterocycles. The molecule has 1 fully saturated rings. The number of likely N-dealkylation sites (tertiary alicyclic amines) is 1. The number of piperidine rings is 1. The molecule has 0 spiro atoms. The number of amides is 2. The molecule has 0 saturated carbocycles. The van der Waals surface area contributed by atoms with Crippen molar-refractivity contribution < 1.29 is 14.3 Å². The number of carbonyl (C=O) groups excluding carboxylic acids is 2. The number of nitrogens with zero attached hydrogens (tertiary/aromatic N) is 2. The molecule has 1 unspecified atom stereocenters. The molecule has 6 nitrogen and oxygen atoms in total. The SMILES string of the molecule is CCCCC(=O)NC1(C#N)CCCN(C(=O)OCc2ccccc2)C1. The third-order valence-corrected chi connectivity index (χ3v) is 4.31. The summed E-state index contributed by atoms with van der Waals surface area (Å²) < 4.78 is 5.34. The highest BCUT2D eigenvalue weighted by atomic mass is 16.6. The number of nitriles is 1. The fraction of sp³-hybridized carbons (Fsp3) is 0.526. The van der Waals surface area contributed by atoms with Crippen molar-refractivity contribution in [1.29, 1.82) is 5.26 Å². The molecule has 1 aromatic rings. The van der Waals surface area contributed by atoms with Crippen LogP contribution in [0.1, 0.15) is 44.6 Å². The van der Waals surface area contributed by atoms with Gasteiger partial charge in [-0.2, -0.15) is 5.26 Å². The summed E-state index contributed by atoms with van der Waals surface area (Å²) in [6.45, 7) is 2.90. The minimum Gasteiger partial charge on any atom is -0.445 e. The van der Waals surface area contributed by atoms with E-state index >= 15 is 0 Å². The minimum atomic E-state index is -1.02. The molecule has 134 valence electrons. The van der Waals surface area contributed by atoms with Gasteiger partial charge in [0.25, 0.3) is 0 Å². The van der Waals surface area contributed by atoms with Crippen LogP contribution in [0.4, 0.5) is 4.79 Å². The largest absolute Gasteiger partial charge is 0.445 e. The molecule has 1 aliphatic heterocycles. The van der Waals surface area contributed by atoms with Crippen molar-refractivity contribution in [3.8, 4) is 6.07 Å². The van der Waals surface area contributed by atoms with Crippen LogP contribution in [0.3, 0.4) is 0 Å². The third-order valence-electron chi connectivity index (χ3n) is 4.31. The maximum absolute atomic E-state index is 12.3. The van der Waals surface area contributed by atoms with Gasteiger partial charge in [-0.25, -0.2) is 4.79 Å². The average molecular weight is 343 g/mol. The van der Waals surface area contributed by atoms with Crippen LogP contribution in [-0.2, 0) is 16.1 Å². The van der Waals surface area contributed by atoms with E-state index in [1.807, 2.05) is 37.3 Å². The molecular weight excluding hydrogens is 318 g/mol. The smallest absolute Gasteiger partial charge is 0.410 e. The number of hydrogen-bond donors (Lipinski definition) is 1. The van der Waals surface area contributed by atoms with Crippen LogP contribution in [0.15, 0.2) is 30.3 Å². The standard InChI is InChI=1S/C19H25N3O3/c1-2-3-10-17(23)21-19(14-20)11-7-12-22(15-19)18(24)25-13-16-8-5-4-6-9-16/h4-6,8-9H,2-3,7,10-13,15H2,1H3,(H,21,23). The first-order valence-corrected chi connectivity index (χ1v) is 8.76. The van der Waals surface area contributed by atoms with Crippen LogP contribution in [0.5, 0.6) is 0 Å². The Balaban J connectivity index is 1.92. The maximum atomic E-state index is 12.3. The Kier molecular flexibility index (Phi) is 6.81. The molecule has 2 rings (SSSR count). The third kappa shape index (κ3) is 5.49. The summed E-state index contributed by atoms with van der Waals surface area (Å²) in [5.41, 5.74) is -0.109. The Morgan fingerprint density at radius 3 is 2.80 bits per heavy atom. The second-order valence-electron chi connectivity index (χ2n) is 6.41. The lowest BCUT2D eigenvalue weighted by molar-refractivity contribution is -0.123. The number of hydrogen-bond acceptors (Lipinski definition) is 4. The normalized spacial score (nSPS) is 19.8. The lowest BCUT2D eigenvalue weighted by Gasteiger charge is -2.38. The lowest BCUT2D eigenvalue weighted by atomic mass is 9.90. The van der Waals surface area contributed by atoms with Gasteiger partial charge in [0, 0.05) is 13.0 Å². The van der Waals surface area contributed by atoms with Crippen LogP contribution in [0.25, 0.3) is 0 Å². The highest BCUT2D eigenvalue weighted by molar-refractivity contribution is 5.77. The van der Waals surface area contributed by atoms with E-state index in [4.69, 9.17) is 4.74 Å². The molecule has 6 heteroatoms. The van der Waals surface area contributed by atoms with Crippen molar-refractivity contribution in [2.45, 2.75) is 51.2 Å². The summed E-state index contributed by atoms with van der Waals surface area (Å²) in [5.74, 6) is -0.136. The molecule has 0 bridgehead atoms. The summed E-state index contributed by atoms with van der Waals surface area (Å²) in [6.07, 6.45) is 2.86. The van der Waals surface area contributed by atoms with E-state index < -0.39 is 11.6 Å². The van der Waals surface area contributed by atoms with E-state index in [2.05, 4.69) is 11.4 Å². The first-order valence-electron chi connectivity index (χ1n) is 8.76. The van der Waals surface area contributed by atoms with E-state index in [1.165, 1.54) is 4.90 Å². The van der Waals surface area contributed by atoms with Crippen LogP contribution in [0.2, 0.25) is 0 Å². The number of benzene rings is 1. The van der Waals surface area contributed by atoms with Crippen LogP contribution >= 0.6 is 0 Å². The minimum absolute atomic E-state index is 0.136. The van der Waals surface area contributed by atoms with Crippen molar-refractivity contribution in [3.63, 3.8) is 0 Å². The quantitative estimate of drug-likeness (QED) is 0.861. The molecule has 25 heavy (non-hydrogen) atoms. The van der Waals surface area contributed by atoms with Crippen molar-refractivity contribution in [3.05, 3.63) is 35.9 Å².